The van der Waals surface area contributed by atoms with Gasteiger partial charge in [-0.25, -0.2) is 0 Å². The highest BCUT2D eigenvalue weighted by molar-refractivity contribution is 5.91. The van der Waals surface area contributed by atoms with Crippen molar-refractivity contribution < 1.29 is 9.53 Å². The van der Waals surface area contributed by atoms with Crippen LogP contribution in [0.1, 0.15) is 57.6 Å². The Labute approximate surface area is 170 Å². The number of piperidine rings is 1. The molecule has 2 unspecified atom stereocenters. The summed E-state index contributed by atoms with van der Waals surface area (Å²) >= 11 is 0. The first-order valence-electron chi connectivity index (χ1n) is 10.9. The van der Waals surface area contributed by atoms with E-state index >= 15 is 0 Å². The Hall–Kier alpha value is -1.65. The van der Waals surface area contributed by atoms with Crippen LogP contribution in [-0.4, -0.2) is 60.6 Å². The van der Waals surface area contributed by atoms with Crippen molar-refractivity contribution in [3.8, 4) is 0 Å². The van der Waals surface area contributed by atoms with Gasteiger partial charge in [0.25, 0.3) is 0 Å². The maximum atomic E-state index is 12.5. The average Bonchev–Trinajstić information content (AvgIpc) is 2.66. The lowest BCUT2D eigenvalue weighted by Crippen LogP contribution is -2.48. The Morgan fingerprint density at radius 1 is 1.11 bits per heavy atom. The molecule has 154 valence electrons. The van der Waals surface area contributed by atoms with Gasteiger partial charge in [-0.05, 0) is 55.7 Å². The molecule has 1 aromatic rings. The molecule has 3 rings (SSSR count). The summed E-state index contributed by atoms with van der Waals surface area (Å²) in [5.41, 5.74) is 2.41. The molecule has 4 heteroatoms. The minimum atomic E-state index is 0.139. The van der Waals surface area contributed by atoms with Crippen LogP contribution in [0.25, 0.3) is 6.08 Å². The van der Waals surface area contributed by atoms with Crippen LogP contribution in [0.4, 0.5) is 0 Å². The Morgan fingerprint density at radius 2 is 1.71 bits per heavy atom. The molecule has 2 heterocycles. The van der Waals surface area contributed by atoms with E-state index in [0.717, 1.165) is 51.1 Å². The Balaban J connectivity index is 1.44. The Morgan fingerprint density at radius 3 is 2.29 bits per heavy atom. The lowest BCUT2D eigenvalue weighted by Gasteiger charge is -2.39. The number of nitrogens with zero attached hydrogens (tertiary/aromatic N) is 2. The molecule has 4 nitrogen and oxygen atoms in total. The van der Waals surface area contributed by atoms with Crippen LogP contribution < -0.4 is 0 Å². The zero-order valence-electron chi connectivity index (χ0n) is 17.9. The summed E-state index contributed by atoms with van der Waals surface area (Å²) in [4.78, 5) is 17.1. The van der Waals surface area contributed by atoms with Crippen LogP contribution in [0.5, 0.6) is 0 Å². The van der Waals surface area contributed by atoms with Crippen molar-refractivity contribution in [2.45, 2.75) is 58.7 Å². The van der Waals surface area contributed by atoms with Crippen molar-refractivity contribution >= 4 is 12.0 Å². The summed E-state index contributed by atoms with van der Waals surface area (Å²) in [5, 5.41) is 0. The van der Waals surface area contributed by atoms with E-state index in [-0.39, 0.29) is 5.91 Å². The van der Waals surface area contributed by atoms with E-state index < -0.39 is 0 Å². The molecule has 0 aliphatic carbocycles. The number of ether oxygens (including phenoxy) is 1. The van der Waals surface area contributed by atoms with E-state index in [1.165, 1.54) is 5.56 Å². The molecule has 2 saturated heterocycles. The van der Waals surface area contributed by atoms with Crippen molar-refractivity contribution in [2.75, 3.05) is 32.7 Å². The second kappa shape index (κ2) is 9.71. The van der Waals surface area contributed by atoms with Gasteiger partial charge >= 0.3 is 0 Å². The van der Waals surface area contributed by atoms with Crippen molar-refractivity contribution in [2.24, 2.45) is 5.92 Å². The van der Waals surface area contributed by atoms with Crippen LogP contribution in [0.2, 0.25) is 0 Å². The van der Waals surface area contributed by atoms with Gasteiger partial charge in [0.15, 0.2) is 0 Å². The monoisotopic (exact) mass is 384 g/mol. The van der Waals surface area contributed by atoms with E-state index in [1.54, 1.807) is 6.08 Å². The molecule has 0 N–H and O–H groups in total. The maximum absolute atomic E-state index is 12.5. The number of benzene rings is 1. The number of hydrogen-bond donors (Lipinski definition) is 0. The normalized spacial score (nSPS) is 25.0. The van der Waals surface area contributed by atoms with Gasteiger partial charge < -0.3 is 9.64 Å². The molecule has 2 fully saturated rings. The number of hydrogen-bond acceptors (Lipinski definition) is 3. The number of rotatable bonds is 5. The SMILES string of the molecule is CC1CN(CC2CCN(C(=O)/C=C/c3ccc(C(C)C)cc3)CC2)CC(C)O1. The Kier molecular flexibility index (Phi) is 7.30. The van der Waals surface area contributed by atoms with Gasteiger partial charge in [-0.15, -0.1) is 0 Å². The first-order valence-corrected chi connectivity index (χ1v) is 10.9. The van der Waals surface area contributed by atoms with E-state index in [9.17, 15) is 4.79 Å². The summed E-state index contributed by atoms with van der Waals surface area (Å²) in [6, 6.07) is 8.48. The number of amides is 1. The fourth-order valence-corrected chi connectivity index (χ4v) is 4.40. The maximum Gasteiger partial charge on any atom is 0.246 e. The summed E-state index contributed by atoms with van der Waals surface area (Å²) < 4.78 is 5.83. The minimum Gasteiger partial charge on any atom is -0.373 e. The second-order valence-corrected chi connectivity index (χ2v) is 8.90. The topological polar surface area (TPSA) is 32.8 Å². The molecule has 2 aliphatic heterocycles. The highest BCUT2D eigenvalue weighted by Gasteiger charge is 2.27. The summed E-state index contributed by atoms with van der Waals surface area (Å²) in [6.07, 6.45) is 6.52. The van der Waals surface area contributed by atoms with Gasteiger partial charge in [-0.3, -0.25) is 9.69 Å². The smallest absolute Gasteiger partial charge is 0.246 e. The van der Waals surface area contributed by atoms with E-state index in [2.05, 4.69) is 56.9 Å². The van der Waals surface area contributed by atoms with Crippen LogP contribution in [0.3, 0.4) is 0 Å². The number of carbonyl (C=O) groups excluding carboxylic acids is 1. The van der Waals surface area contributed by atoms with Crippen LogP contribution in [0.15, 0.2) is 30.3 Å². The molecule has 0 saturated carbocycles. The van der Waals surface area contributed by atoms with E-state index in [1.807, 2.05) is 11.0 Å². The van der Waals surface area contributed by atoms with E-state index in [0.29, 0.717) is 24.0 Å². The standard InChI is InChI=1S/C24H36N2O2/c1-18(2)23-8-5-21(6-9-23)7-10-24(27)26-13-11-22(12-14-26)17-25-15-19(3)28-20(4)16-25/h5-10,18-20,22H,11-17H2,1-4H3/b10-7+. The molecule has 2 aliphatic rings. The molecule has 0 radical (unpaired) electrons. The molecule has 1 aromatic carbocycles. The highest BCUT2D eigenvalue weighted by atomic mass is 16.5. The van der Waals surface area contributed by atoms with Gasteiger partial charge in [-0.1, -0.05) is 38.1 Å². The third-order valence-corrected chi connectivity index (χ3v) is 5.96. The van der Waals surface area contributed by atoms with Crippen LogP contribution in [0, 0.1) is 5.92 Å². The van der Waals surface area contributed by atoms with Gasteiger partial charge in [0, 0.05) is 38.8 Å². The zero-order chi connectivity index (χ0) is 20.1. The molecule has 1 amide bonds. The quantitative estimate of drug-likeness (QED) is 0.714. The van der Waals surface area contributed by atoms with Gasteiger partial charge in [0.1, 0.15) is 0 Å². The third-order valence-electron chi connectivity index (χ3n) is 5.96. The van der Waals surface area contributed by atoms with Crippen LogP contribution in [-0.2, 0) is 9.53 Å². The van der Waals surface area contributed by atoms with Crippen molar-refractivity contribution in [3.05, 3.63) is 41.5 Å². The van der Waals surface area contributed by atoms with Gasteiger partial charge in [0.2, 0.25) is 5.91 Å². The molecule has 0 bridgehead atoms. The predicted molar refractivity (Wildman–Crippen MR) is 115 cm³/mol. The third kappa shape index (κ3) is 5.92. The number of carbonyl (C=O) groups is 1. The first-order chi connectivity index (χ1) is 13.4. The Bertz CT molecular complexity index is 650. The van der Waals surface area contributed by atoms with Crippen LogP contribution >= 0.6 is 0 Å². The fraction of sp³-hybridized carbons (Fsp3) is 0.625. The van der Waals surface area contributed by atoms with Crippen molar-refractivity contribution in [3.63, 3.8) is 0 Å². The highest BCUT2D eigenvalue weighted by Crippen LogP contribution is 2.21. The molecule has 0 aromatic heterocycles. The van der Waals surface area contributed by atoms with Crippen molar-refractivity contribution in [1.29, 1.82) is 0 Å². The number of likely N-dealkylation sites (tertiary alicyclic amines) is 1. The largest absolute Gasteiger partial charge is 0.373 e. The number of morpholine rings is 1. The second-order valence-electron chi connectivity index (χ2n) is 8.90. The van der Waals surface area contributed by atoms with Crippen molar-refractivity contribution in [1.82, 2.24) is 9.80 Å². The zero-order valence-corrected chi connectivity index (χ0v) is 17.9. The minimum absolute atomic E-state index is 0.139. The first kappa shape index (κ1) is 21.1. The molecule has 28 heavy (non-hydrogen) atoms. The van der Waals surface area contributed by atoms with Gasteiger partial charge in [-0.2, -0.15) is 0 Å². The summed E-state index contributed by atoms with van der Waals surface area (Å²) in [5.74, 6) is 1.36. The molecule has 0 spiro atoms. The van der Waals surface area contributed by atoms with E-state index in [4.69, 9.17) is 4.74 Å². The summed E-state index contributed by atoms with van der Waals surface area (Å²) in [6.45, 7) is 13.6. The summed E-state index contributed by atoms with van der Waals surface area (Å²) in [7, 11) is 0. The van der Waals surface area contributed by atoms with Gasteiger partial charge in [0.05, 0.1) is 12.2 Å². The lowest BCUT2D eigenvalue weighted by molar-refractivity contribution is -0.127. The molecule has 2 atom stereocenters. The molecular formula is C24H36N2O2. The molecular weight excluding hydrogens is 348 g/mol. The fourth-order valence-electron chi connectivity index (χ4n) is 4.40. The predicted octanol–water partition coefficient (Wildman–Crippen LogP) is 4.17. The average molecular weight is 385 g/mol. The lowest BCUT2D eigenvalue weighted by atomic mass is 9.95.